The summed E-state index contributed by atoms with van der Waals surface area (Å²) in [7, 11) is 1.54. The van der Waals surface area contributed by atoms with Gasteiger partial charge in [0.2, 0.25) is 0 Å². The number of nitrogens with zero attached hydrogens (tertiary/aromatic N) is 2. The van der Waals surface area contributed by atoms with E-state index < -0.39 is 0 Å². The highest BCUT2D eigenvalue weighted by atomic mass is 16.5. The van der Waals surface area contributed by atoms with Gasteiger partial charge < -0.3 is 14.8 Å². The van der Waals surface area contributed by atoms with E-state index in [0.29, 0.717) is 11.8 Å². The Balaban J connectivity index is 1.91. The zero-order chi connectivity index (χ0) is 10.5. The maximum absolute atomic E-state index is 5.73. The summed E-state index contributed by atoms with van der Waals surface area (Å²) < 4.78 is 10.6. The van der Waals surface area contributed by atoms with Gasteiger partial charge in [0.1, 0.15) is 6.10 Å². The van der Waals surface area contributed by atoms with Gasteiger partial charge in [0.05, 0.1) is 19.5 Å². The maximum atomic E-state index is 5.73. The molecule has 0 radical (unpaired) electrons. The predicted molar refractivity (Wildman–Crippen MR) is 55.1 cm³/mol. The van der Waals surface area contributed by atoms with E-state index in [1.165, 1.54) is 0 Å². The molecular formula is C10H15N3O2. The number of hydrogen-bond acceptors (Lipinski definition) is 5. The second-order valence-electron chi connectivity index (χ2n) is 3.47. The molecule has 0 amide bonds. The van der Waals surface area contributed by atoms with Gasteiger partial charge in [-0.25, -0.2) is 0 Å². The molecule has 0 spiro atoms. The van der Waals surface area contributed by atoms with Crippen molar-refractivity contribution >= 4 is 0 Å². The Morgan fingerprint density at radius 2 is 1.93 bits per heavy atom. The van der Waals surface area contributed by atoms with E-state index in [1.54, 1.807) is 19.5 Å². The quantitative estimate of drug-likeness (QED) is 0.790. The normalized spacial score (nSPS) is 17.4. The van der Waals surface area contributed by atoms with Crippen LogP contribution in [0.3, 0.4) is 0 Å². The Bertz CT molecular complexity index is 296. The van der Waals surface area contributed by atoms with E-state index in [9.17, 15) is 0 Å². The van der Waals surface area contributed by atoms with Gasteiger partial charge in [-0.05, 0) is 25.9 Å². The van der Waals surface area contributed by atoms with Crippen LogP contribution in [0.5, 0.6) is 11.8 Å². The monoisotopic (exact) mass is 209 g/mol. The Morgan fingerprint density at radius 3 is 2.53 bits per heavy atom. The van der Waals surface area contributed by atoms with Crippen LogP contribution in [0.15, 0.2) is 12.4 Å². The van der Waals surface area contributed by atoms with Crippen molar-refractivity contribution in [2.24, 2.45) is 0 Å². The molecule has 0 aromatic carbocycles. The van der Waals surface area contributed by atoms with Crippen molar-refractivity contribution in [3.63, 3.8) is 0 Å². The van der Waals surface area contributed by atoms with Crippen molar-refractivity contribution in [1.29, 1.82) is 0 Å². The number of piperidine rings is 1. The fraction of sp³-hybridized carbons (Fsp3) is 0.600. The average molecular weight is 209 g/mol. The van der Waals surface area contributed by atoms with Gasteiger partial charge in [0.25, 0.3) is 0 Å². The summed E-state index contributed by atoms with van der Waals surface area (Å²) in [5, 5.41) is 3.29. The molecule has 1 fully saturated rings. The molecule has 82 valence electrons. The highest BCUT2D eigenvalue weighted by Crippen LogP contribution is 2.15. The molecule has 1 aromatic heterocycles. The third-order valence-corrected chi connectivity index (χ3v) is 2.38. The lowest BCUT2D eigenvalue weighted by Gasteiger charge is -2.23. The molecular weight excluding hydrogens is 194 g/mol. The number of rotatable bonds is 3. The van der Waals surface area contributed by atoms with E-state index in [-0.39, 0.29) is 6.10 Å². The highest BCUT2D eigenvalue weighted by molar-refractivity contribution is 5.14. The first-order valence-electron chi connectivity index (χ1n) is 5.12. The summed E-state index contributed by atoms with van der Waals surface area (Å²) in [4.78, 5) is 7.98. The zero-order valence-electron chi connectivity index (χ0n) is 8.77. The summed E-state index contributed by atoms with van der Waals surface area (Å²) in [6.45, 7) is 2.03. The van der Waals surface area contributed by atoms with Gasteiger partial charge in [-0.3, -0.25) is 0 Å². The summed E-state index contributed by atoms with van der Waals surface area (Å²) in [5.41, 5.74) is 0. The lowest BCUT2D eigenvalue weighted by molar-refractivity contribution is 0.161. The Kier molecular flexibility index (Phi) is 3.34. The van der Waals surface area contributed by atoms with Crippen LogP contribution in [0.1, 0.15) is 12.8 Å². The third kappa shape index (κ3) is 2.79. The van der Waals surface area contributed by atoms with E-state index >= 15 is 0 Å². The minimum Gasteiger partial charge on any atom is -0.487 e. The van der Waals surface area contributed by atoms with Crippen LogP contribution in [0.25, 0.3) is 0 Å². The fourth-order valence-corrected chi connectivity index (χ4v) is 1.58. The second kappa shape index (κ2) is 4.93. The predicted octanol–water partition coefficient (Wildman–Crippen LogP) is 0.616. The van der Waals surface area contributed by atoms with Crippen LogP contribution in [-0.4, -0.2) is 36.3 Å². The number of aromatic nitrogens is 2. The van der Waals surface area contributed by atoms with Crippen molar-refractivity contribution < 1.29 is 9.47 Å². The summed E-state index contributed by atoms with van der Waals surface area (Å²) in [6, 6.07) is 0.368. The van der Waals surface area contributed by atoms with Gasteiger partial charge in [0, 0.05) is 0 Å². The van der Waals surface area contributed by atoms with Crippen molar-refractivity contribution in [2.45, 2.75) is 18.9 Å². The molecule has 1 aliphatic rings. The van der Waals surface area contributed by atoms with Crippen LogP contribution in [0, 0.1) is 0 Å². The summed E-state index contributed by atoms with van der Waals surface area (Å²) in [5.74, 6) is 0.711. The van der Waals surface area contributed by atoms with Crippen LogP contribution in [0.2, 0.25) is 0 Å². The molecule has 0 atom stereocenters. The lowest BCUT2D eigenvalue weighted by Crippen LogP contribution is -2.34. The topological polar surface area (TPSA) is 56.3 Å². The Hall–Kier alpha value is -1.36. The highest BCUT2D eigenvalue weighted by Gasteiger charge is 2.14. The van der Waals surface area contributed by atoms with Crippen molar-refractivity contribution in [3.05, 3.63) is 12.4 Å². The van der Waals surface area contributed by atoms with E-state index in [4.69, 9.17) is 9.47 Å². The molecule has 2 heterocycles. The Labute approximate surface area is 88.8 Å². The second-order valence-corrected chi connectivity index (χ2v) is 3.47. The average Bonchev–Trinajstić information content (AvgIpc) is 2.31. The first-order valence-corrected chi connectivity index (χ1v) is 5.12. The molecule has 2 rings (SSSR count). The number of hydrogen-bond donors (Lipinski definition) is 1. The van der Waals surface area contributed by atoms with Crippen LogP contribution in [0.4, 0.5) is 0 Å². The van der Waals surface area contributed by atoms with Crippen molar-refractivity contribution in [2.75, 3.05) is 20.2 Å². The summed E-state index contributed by atoms with van der Waals surface area (Å²) in [6.07, 6.45) is 5.64. The first kappa shape index (κ1) is 10.2. The number of nitrogens with one attached hydrogen (secondary N) is 1. The number of methoxy groups -OCH3 is 1. The molecule has 0 saturated carbocycles. The SMILES string of the molecule is COc1ncc(OC2CCNCC2)cn1. The van der Waals surface area contributed by atoms with Gasteiger partial charge in [0.15, 0.2) is 5.75 Å². The minimum atomic E-state index is 0.281. The molecule has 5 heteroatoms. The zero-order valence-corrected chi connectivity index (χ0v) is 8.77. The molecule has 1 N–H and O–H groups in total. The third-order valence-electron chi connectivity index (χ3n) is 2.38. The molecule has 0 aliphatic carbocycles. The number of ether oxygens (including phenoxy) is 2. The smallest absolute Gasteiger partial charge is 0.316 e. The van der Waals surface area contributed by atoms with Gasteiger partial charge in [-0.1, -0.05) is 0 Å². The molecule has 1 aliphatic heterocycles. The van der Waals surface area contributed by atoms with Crippen molar-refractivity contribution in [1.82, 2.24) is 15.3 Å². The van der Waals surface area contributed by atoms with E-state index in [1.807, 2.05) is 0 Å². The van der Waals surface area contributed by atoms with Gasteiger partial charge in [-0.2, -0.15) is 9.97 Å². The van der Waals surface area contributed by atoms with Crippen molar-refractivity contribution in [3.8, 4) is 11.8 Å². The fourth-order valence-electron chi connectivity index (χ4n) is 1.58. The van der Waals surface area contributed by atoms with Gasteiger partial charge >= 0.3 is 6.01 Å². The first-order chi connectivity index (χ1) is 7.38. The lowest BCUT2D eigenvalue weighted by atomic mass is 10.1. The van der Waals surface area contributed by atoms with Gasteiger partial charge in [-0.15, -0.1) is 0 Å². The molecule has 15 heavy (non-hydrogen) atoms. The maximum Gasteiger partial charge on any atom is 0.316 e. The Morgan fingerprint density at radius 1 is 1.27 bits per heavy atom. The van der Waals surface area contributed by atoms with E-state index in [0.717, 1.165) is 25.9 Å². The minimum absolute atomic E-state index is 0.281. The molecule has 1 aromatic rings. The summed E-state index contributed by atoms with van der Waals surface area (Å²) >= 11 is 0. The van der Waals surface area contributed by atoms with E-state index in [2.05, 4.69) is 15.3 Å². The van der Waals surface area contributed by atoms with Crippen LogP contribution >= 0.6 is 0 Å². The standard InChI is InChI=1S/C10H15N3O2/c1-14-10-12-6-9(7-13-10)15-8-2-4-11-5-3-8/h6-8,11H,2-5H2,1H3. The largest absolute Gasteiger partial charge is 0.487 e. The molecule has 5 nitrogen and oxygen atoms in total. The molecule has 1 saturated heterocycles. The molecule has 0 unspecified atom stereocenters. The molecule has 0 bridgehead atoms. The van der Waals surface area contributed by atoms with Crippen LogP contribution in [-0.2, 0) is 0 Å². The van der Waals surface area contributed by atoms with Crippen LogP contribution < -0.4 is 14.8 Å².